The molecule has 0 amide bonds. The third kappa shape index (κ3) is 4.93. The number of rotatable bonds is 6. The monoisotopic (exact) mass is 272 g/mol. The van der Waals surface area contributed by atoms with E-state index in [1.807, 2.05) is 11.6 Å². The molecule has 0 unspecified atom stereocenters. The van der Waals surface area contributed by atoms with Crippen molar-refractivity contribution in [2.45, 2.75) is 16.8 Å². The molecule has 17 heavy (non-hydrogen) atoms. The molecule has 1 aromatic heterocycles. The molecular formula is C11H18N3OS2. The molecule has 0 spiro atoms. The summed E-state index contributed by atoms with van der Waals surface area (Å²) in [5.41, 5.74) is 7.99. The van der Waals surface area contributed by atoms with E-state index in [0.29, 0.717) is 0 Å². The largest absolute Gasteiger partial charge is 0.379 e. The maximum absolute atomic E-state index is 7.99. The van der Waals surface area contributed by atoms with Crippen LogP contribution >= 0.6 is 23.1 Å². The van der Waals surface area contributed by atoms with Crippen molar-refractivity contribution in [3.8, 4) is 0 Å². The Labute approximate surface area is 111 Å². The fourth-order valence-electron chi connectivity index (χ4n) is 1.70. The Bertz CT molecular complexity index is 302. The second kappa shape index (κ2) is 7.33. The van der Waals surface area contributed by atoms with E-state index in [-0.39, 0.29) is 6.04 Å². The standard InChI is InChI=1S/C11H18N3OS2/c12-10(9-17-11-13-2-8-16-11)1-3-14-4-6-15-7-5-14/h2,8,10,12H,1,3-7,9H2/t10-/m1/s1. The van der Waals surface area contributed by atoms with Gasteiger partial charge in [0.25, 0.3) is 0 Å². The zero-order valence-corrected chi connectivity index (χ0v) is 11.4. The summed E-state index contributed by atoms with van der Waals surface area (Å²) in [6.45, 7) is 4.75. The summed E-state index contributed by atoms with van der Waals surface area (Å²) in [5, 5.41) is 1.98. The topological polar surface area (TPSA) is 49.2 Å². The average molecular weight is 272 g/mol. The lowest BCUT2D eigenvalue weighted by Gasteiger charge is -2.27. The van der Waals surface area contributed by atoms with Crippen LogP contribution in [-0.2, 0) is 4.74 Å². The Balaban J connectivity index is 1.58. The van der Waals surface area contributed by atoms with E-state index in [4.69, 9.17) is 10.5 Å². The van der Waals surface area contributed by atoms with Gasteiger partial charge in [-0.1, -0.05) is 11.8 Å². The molecule has 1 radical (unpaired) electrons. The van der Waals surface area contributed by atoms with Gasteiger partial charge in [0.1, 0.15) is 4.34 Å². The SMILES string of the molecule is [NH][C@H](CCN1CCOCC1)CSc1nccs1. The lowest BCUT2D eigenvalue weighted by Crippen LogP contribution is -2.38. The van der Waals surface area contributed by atoms with Crippen LogP contribution in [0.5, 0.6) is 0 Å². The summed E-state index contributed by atoms with van der Waals surface area (Å²) in [7, 11) is 0. The summed E-state index contributed by atoms with van der Waals surface area (Å²) in [6, 6.07) is 0.00625. The van der Waals surface area contributed by atoms with E-state index in [2.05, 4.69) is 9.88 Å². The molecule has 6 heteroatoms. The van der Waals surface area contributed by atoms with Gasteiger partial charge in [-0.05, 0) is 13.0 Å². The fraction of sp³-hybridized carbons (Fsp3) is 0.727. The summed E-state index contributed by atoms with van der Waals surface area (Å²) in [4.78, 5) is 6.60. The molecule has 1 fully saturated rings. The lowest BCUT2D eigenvalue weighted by atomic mass is 10.2. The third-order valence-corrected chi connectivity index (χ3v) is 4.84. The van der Waals surface area contributed by atoms with E-state index in [0.717, 1.165) is 49.4 Å². The van der Waals surface area contributed by atoms with E-state index < -0.39 is 0 Å². The number of aromatic nitrogens is 1. The highest BCUT2D eigenvalue weighted by atomic mass is 32.2. The first-order chi connectivity index (χ1) is 8.34. The van der Waals surface area contributed by atoms with Crippen molar-refractivity contribution in [2.75, 3.05) is 38.6 Å². The van der Waals surface area contributed by atoms with Gasteiger partial charge < -0.3 is 4.74 Å². The highest BCUT2D eigenvalue weighted by molar-refractivity contribution is 8.01. The van der Waals surface area contributed by atoms with Crippen LogP contribution in [0.2, 0.25) is 0 Å². The molecule has 0 aliphatic carbocycles. The van der Waals surface area contributed by atoms with Gasteiger partial charge in [0, 0.05) is 36.5 Å². The Morgan fingerprint density at radius 1 is 1.53 bits per heavy atom. The van der Waals surface area contributed by atoms with Crippen LogP contribution in [0.25, 0.3) is 0 Å². The van der Waals surface area contributed by atoms with Crippen LogP contribution in [0, 0.1) is 0 Å². The number of thioether (sulfide) groups is 1. The van der Waals surface area contributed by atoms with Crippen LogP contribution < -0.4 is 5.73 Å². The highest BCUT2D eigenvalue weighted by Gasteiger charge is 2.12. The summed E-state index contributed by atoms with van der Waals surface area (Å²) >= 11 is 3.35. The molecule has 1 N–H and O–H groups in total. The zero-order valence-electron chi connectivity index (χ0n) is 9.80. The molecule has 1 aliphatic heterocycles. The van der Waals surface area contributed by atoms with E-state index in [1.54, 1.807) is 23.1 Å². The summed E-state index contributed by atoms with van der Waals surface area (Å²) in [5.74, 6) is 0.845. The first kappa shape index (κ1) is 13.3. The average Bonchev–Trinajstić information content (AvgIpc) is 2.88. The number of morpholine rings is 1. The van der Waals surface area contributed by atoms with Crippen molar-refractivity contribution in [1.29, 1.82) is 0 Å². The molecular weight excluding hydrogens is 254 g/mol. The van der Waals surface area contributed by atoms with E-state index >= 15 is 0 Å². The highest BCUT2D eigenvalue weighted by Crippen LogP contribution is 2.21. The number of nitrogens with one attached hydrogen (secondary N) is 1. The Morgan fingerprint density at radius 2 is 2.35 bits per heavy atom. The number of ether oxygens (including phenoxy) is 1. The van der Waals surface area contributed by atoms with Gasteiger partial charge in [0.15, 0.2) is 0 Å². The molecule has 2 rings (SSSR count). The minimum Gasteiger partial charge on any atom is -0.379 e. The number of hydrogen-bond donors (Lipinski definition) is 0. The van der Waals surface area contributed by atoms with Gasteiger partial charge in [-0.3, -0.25) is 10.6 Å². The van der Waals surface area contributed by atoms with Crippen molar-refractivity contribution in [3.05, 3.63) is 11.6 Å². The van der Waals surface area contributed by atoms with E-state index in [1.165, 1.54) is 0 Å². The minimum absolute atomic E-state index is 0.00625. The van der Waals surface area contributed by atoms with Crippen LogP contribution in [0.3, 0.4) is 0 Å². The first-order valence-corrected chi connectivity index (χ1v) is 7.74. The molecule has 0 saturated carbocycles. The predicted octanol–water partition coefficient (Wildman–Crippen LogP) is 1.61. The quantitative estimate of drug-likeness (QED) is 0.738. The van der Waals surface area contributed by atoms with Crippen LogP contribution in [0.4, 0.5) is 0 Å². The van der Waals surface area contributed by atoms with Crippen molar-refractivity contribution in [3.63, 3.8) is 0 Å². The Morgan fingerprint density at radius 3 is 3.06 bits per heavy atom. The molecule has 4 nitrogen and oxygen atoms in total. The predicted molar refractivity (Wildman–Crippen MR) is 71.6 cm³/mol. The fourth-order valence-corrected chi connectivity index (χ4v) is 3.35. The Kier molecular flexibility index (Phi) is 5.73. The summed E-state index contributed by atoms with van der Waals surface area (Å²) < 4.78 is 6.38. The lowest BCUT2D eigenvalue weighted by molar-refractivity contribution is 0.0368. The van der Waals surface area contributed by atoms with Gasteiger partial charge in [0.2, 0.25) is 0 Å². The van der Waals surface area contributed by atoms with Crippen molar-refractivity contribution < 1.29 is 4.74 Å². The molecule has 0 bridgehead atoms. The summed E-state index contributed by atoms with van der Waals surface area (Å²) in [6.07, 6.45) is 2.76. The number of nitrogens with zero attached hydrogens (tertiary/aromatic N) is 2. The molecule has 95 valence electrons. The second-order valence-electron chi connectivity index (χ2n) is 4.05. The van der Waals surface area contributed by atoms with Crippen LogP contribution in [0.1, 0.15) is 6.42 Å². The van der Waals surface area contributed by atoms with Crippen molar-refractivity contribution >= 4 is 23.1 Å². The minimum atomic E-state index is 0.00625. The van der Waals surface area contributed by atoms with Crippen LogP contribution in [0.15, 0.2) is 15.9 Å². The zero-order chi connectivity index (χ0) is 11.9. The molecule has 1 atom stereocenters. The van der Waals surface area contributed by atoms with Gasteiger partial charge in [-0.2, -0.15) is 0 Å². The number of thiazole rings is 1. The van der Waals surface area contributed by atoms with Crippen LogP contribution in [-0.4, -0.2) is 54.5 Å². The van der Waals surface area contributed by atoms with Gasteiger partial charge >= 0.3 is 0 Å². The van der Waals surface area contributed by atoms with Crippen molar-refractivity contribution in [1.82, 2.24) is 15.6 Å². The van der Waals surface area contributed by atoms with Gasteiger partial charge in [-0.25, -0.2) is 4.98 Å². The van der Waals surface area contributed by atoms with E-state index in [9.17, 15) is 0 Å². The molecule has 1 aromatic rings. The number of hydrogen-bond acceptors (Lipinski definition) is 5. The Hall–Kier alpha value is -0.140. The maximum atomic E-state index is 7.99. The smallest absolute Gasteiger partial charge is 0.149 e. The normalized spacial score (nSPS) is 19.4. The van der Waals surface area contributed by atoms with Gasteiger partial charge in [-0.15, -0.1) is 11.3 Å². The second-order valence-corrected chi connectivity index (χ2v) is 6.21. The maximum Gasteiger partial charge on any atom is 0.149 e. The molecule has 1 aliphatic rings. The van der Waals surface area contributed by atoms with Gasteiger partial charge in [0.05, 0.1) is 13.2 Å². The molecule has 1 saturated heterocycles. The van der Waals surface area contributed by atoms with Crippen molar-refractivity contribution in [2.24, 2.45) is 0 Å². The molecule has 0 aromatic carbocycles. The first-order valence-electron chi connectivity index (χ1n) is 5.88. The third-order valence-electron chi connectivity index (χ3n) is 2.72. The molecule has 2 heterocycles.